The molecule has 0 fully saturated rings. The number of carbonyl (C=O) groups is 1. The van der Waals surface area contributed by atoms with Gasteiger partial charge in [0.2, 0.25) is 0 Å². The average molecular weight is 198 g/mol. The van der Waals surface area contributed by atoms with Crippen LogP contribution < -0.4 is 4.90 Å². The molecule has 0 amide bonds. The van der Waals surface area contributed by atoms with Gasteiger partial charge in [0, 0.05) is 12.6 Å². The molecule has 1 aromatic heterocycles. The Morgan fingerprint density at radius 2 is 2.36 bits per heavy atom. The van der Waals surface area contributed by atoms with Gasteiger partial charge in [-0.3, -0.25) is 0 Å². The molecular weight excluding hydrogens is 184 g/mol. The Kier molecular flexibility index (Phi) is 3.11. The van der Waals surface area contributed by atoms with Crippen LogP contribution in [0, 0.1) is 0 Å². The smallest absolute Gasteiger partial charge is 0.357 e. The first-order valence-electron chi connectivity index (χ1n) is 4.51. The summed E-state index contributed by atoms with van der Waals surface area (Å²) in [6.45, 7) is 6.68. The molecule has 0 aliphatic rings. The Hall–Kier alpha value is -1.52. The van der Waals surface area contributed by atoms with E-state index in [2.05, 4.69) is 4.98 Å². The molecule has 0 radical (unpaired) electrons. The van der Waals surface area contributed by atoms with Crippen LogP contribution >= 0.6 is 0 Å². The first-order valence-corrected chi connectivity index (χ1v) is 4.51. The molecule has 1 heterocycles. The Labute approximate surface area is 82.4 Å². The van der Waals surface area contributed by atoms with E-state index in [0.29, 0.717) is 6.01 Å². The van der Waals surface area contributed by atoms with E-state index in [1.165, 1.54) is 0 Å². The summed E-state index contributed by atoms with van der Waals surface area (Å²) in [6.07, 6.45) is 1.16. The van der Waals surface area contributed by atoms with Crippen LogP contribution in [0.4, 0.5) is 6.01 Å². The van der Waals surface area contributed by atoms with Gasteiger partial charge in [0.25, 0.3) is 6.01 Å². The van der Waals surface area contributed by atoms with E-state index >= 15 is 0 Å². The largest absolute Gasteiger partial charge is 0.476 e. The summed E-state index contributed by atoms with van der Waals surface area (Å²) in [5.74, 6) is -1.07. The van der Waals surface area contributed by atoms with Crippen LogP contribution in [-0.2, 0) is 0 Å². The van der Waals surface area contributed by atoms with Gasteiger partial charge in [-0.25, -0.2) is 4.79 Å². The Balaban J connectivity index is 2.89. The van der Waals surface area contributed by atoms with Crippen LogP contribution in [0.1, 0.15) is 31.3 Å². The lowest BCUT2D eigenvalue weighted by Gasteiger charge is -2.22. The zero-order chi connectivity index (χ0) is 10.7. The van der Waals surface area contributed by atoms with Crippen LogP contribution in [0.3, 0.4) is 0 Å². The highest BCUT2D eigenvalue weighted by Crippen LogP contribution is 2.15. The summed E-state index contributed by atoms with van der Waals surface area (Å²) < 4.78 is 5.07. The number of carboxylic acids is 1. The molecule has 5 heteroatoms. The van der Waals surface area contributed by atoms with Gasteiger partial charge in [0.15, 0.2) is 5.69 Å². The SMILES string of the molecule is CCN(c1nc(C(=O)O)co1)C(C)C. The predicted octanol–water partition coefficient (Wildman–Crippen LogP) is 1.61. The van der Waals surface area contributed by atoms with E-state index in [0.717, 1.165) is 12.8 Å². The van der Waals surface area contributed by atoms with Crippen molar-refractivity contribution >= 4 is 12.0 Å². The molecule has 0 aliphatic carbocycles. The molecule has 5 nitrogen and oxygen atoms in total. The van der Waals surface area contributed by atoms with Crippen molar-refractivity contribution in [2.75, 3.05) is 11.4 Å². The molecule has 78 valence electrons. The van der Waals surface area contributed by atoms with Crippen molar-refractivity contribution < 1.29 is 14.3 Å². The fraction of sp³-hybridized carbons (Fsp3) is 0.556. The second-order valence-corrected chi connectivity index (χ2v) is 3.20. The summed E-state index contributed by atoms with van der Waals surface area (Å²) in [5, 5.41) is 8.65. The minimum atomic E-state index is -1.07. The monoisotopic (exact) mass is 198 g/mol. The number of nitrogens with zero attached hydrogens (tertiary/aromatic N) is 2. The first-order chi connectivity index (χ1) is 6.56. The number of carboxylic acid groups (broad SMARTS) is 1. The molecule has 1 aromatic rings. The van der Waals surface area contributed by atoms with Crippen molar-refractivity contribution in [1.29, 1.82) is 0 Å². The molecule has 0 spiro atoms. The molecule has 0 aromatic carbocycles. The Morgan fingerprint density at radius 3 is 2.71 bits per heavy atom. The molecule has 0 saturated carbocycles. The van der Waals surface area contributed by atoms with Crippen molar-refractivity contribution in [3.63, 3.8) is 0 Å². The zero-order valence-electron chi connectivity index (χ0n) is 8.52. The van der Waals surface area contributed by atoms with Gasteiger partial charge >= 0.3 is 5.97 Å². The van der Waals surface area contributed by atoms with Gasteiger partial charge in [-0.1, -0.05) is 0 Å². The number of rotatable bonds is 4. The predicted molar refractivity (Wildman–Crippen MR) is 51.6 cm³/mol. The highest BCUT2D eigenvalue weighted by Gasteiger charge is 2.16. The molecule has 0 unspecified atom stereocenters. The number of aromatic nitrogens is 1. The van der Waals surface area contributed by atoms with E-state index in [-0.39, 0.29) is 11.7 Å². The van der Waals surface area contributed by atoms with Crippen LogP contribution in [0.2, 0.25) is 0 Å². The van der Waals surface area contributed by atoms with Gasteiger partial charge in [-0.05, 0) is 20.8 Å². The molecule has 14 heavy (non-hydrogen) atoms. The number of aromatic carboxylic acids is 1. The molecule has 1 rings (SSSR count). The fourth-order valence-corrected chi connectivity index (χ4v) is 1.22. The van der Waals surface area contributed by atoms with E-state index in [4.69, 9.17) is 9.52 Å². The highest BCUT2D eigenvalue weighted by molar-refractivity contribution is 5.85. The minimum absolute atomic E-state index is 0.0564. The molecule has 0 bridgehead atoms. The van der Waals surface area contributed by atoms with Crippen LogP contribution in [-0.4, -0.2) is 28.6 Å². The summed E-state index contributed by atoms with van der Waals surface area (Å²) in [5.41, 5.74) is -0.0564. The van der Waals surface area contributed by atoms with Gasteiger partial charge in [0.05, 0.1) is 0 Å². The van der Waals surface area contributed by atoms with Gasteiger partial charge < -0.3 is 14.4 Å². The standard InChI is InChI=1S/C9H14N2O3/c1-4-11(6(2)3)9-10-7(5-14-9)8(12)13/h5-6H,4H2,1-3H3,(H,12,13). The van der Waals surface area contributed by atoms with Crippen LogP contribution in [0.5, 0.6) is 0 Å². The van der Waals surface area contributed by atoms with Gasteiger partial charge in [-0.15, -0.1) is 0 Å². The summed E-state index contributed by atoms with van der Waals surface area (Å²) >= 11 is 0. The second-order valence-electron chi connectivity index (χ2n) is 3.20. The van der Waals surface area contributed by atoms with E-state index < -0.39 is 5.97 Å². The quantitative estimate of drug-likeness (QED) is 0.796. The Morgan fingerprint density at radius 1 is 1.71 bits per heavy atom. The number of anilines is 1. The average Bonchev–Trinajstić information content (AvgIpc) is 2.53. The summed E-state index contributed by atoms with van der Waals surface area (Å²) in [7, 11) is 0. The molecular formula is C9H14N2O3. The van der Waals surface area contributed by atoms with Gasteiger partial charge in [0.1, 0.15) is 6.26 Å². The maximum absolute atomic E-state index is 10.6. The summed E-state index contributed by atoms with van der Waals surface area (Å²) in [6, 6.07) is 0.597. The maximum atomic E-state index is 10.6. The fourth-order valence-electron chi connectivity index (χ4n) is 1.22. The third-order valence-corrected chi connectivity index (χ3v) is 1.92. The highest BCUT2D eigenvalue weighted by atomic mass is 16.4. The summed E-state index contributed by atoms with van der Waals surface area (Å²) in [4.78, 5) is 16.3. The van der Waals surface area contributed by atoms with Crippen molar-refractivity contribution in [3.8, 4) is 0 Å². The van der Waals surface area contributed by atoms with Crippen molar-refractivity contribution in [1.82, 2.24) is 4.98 Å². The van der Waals surface area contributed by atoms with E-state index in [9.17, 15) is 4.79 Å². The third kappa shape index (κ3) is 2.04. The van der Waals surface area contributed by atoms with Gasteiger partial charge in [-0.2, -0.15) is 4.98 Å². The molecule has 0 saturated heterocycles. The number of oxazole rings is 1. The van der Waals surface area contributed by atoms with Crippen molar-refractivity contribution in [3.05, 3.63) is 12.0 Å². The lowest BCUT2D eigenvalue weighted by molar-refractivity contribution is 0.0690. The zero-order valence-corrected chi connectivity index (χ0v) is 8.52. The van der Waals surface area contributed by atoms with Crippen LogP contribution in [0.25, 0.3) is 0 Å². The Bertz CT molecular complexity index is 320. The minimum Gasteiger partial charge on any atom is -0.476 e. The topological polar surface area (TPSA) is 66.6 Å². The number of hydrogen-bond donors (Lipinski definition) is 1. The molecule has 1 N–H and O–H groups in total. The normalized spacial score (nSPS) is 10.6. The van der Waals surface area contributed by atoms with Crippen molar-refractivity contribution in [2.45, 2.75) is 26.8 Å². The maximum Gasteiger partial charge on any atom is 0.357 e. The van der Waals surface area contributed by atoms with Crippen LogP contribution in [0.15, 0.2) is 10.7 Å². The molecule has 0 atom stereocenters. The number of hydrogen-bond acceptors (Lipinski definition) is 4. The molecule has 0 aliphatic heterocycles. The lowest BCUT2D eigenvalue weighted by Crippen LogP contribution is -2.30. The second kappa shape index (κ2) is 4.13. The third-order valence-electron chi connectivity index (χ3n) is 1.92. The van der Waals surface area contributed by atoms with E-state index in [1.807, 2.05) is 25.7 Å². The van der Waals surface area contributed by atoms with Crippen molar-refractivity contribution in [2.24, 2.45) is 0 Å². The first kappa shape index (κ1) is 10.6. The lowest BCUT2D eigenvalue weighted by atomic mass is 10.3. The van der Waals surface area contributed by atoms with E-state index in [1.54, 1.807) is 0 Å².